The van der Waals surface area contributed by atoms with Crippen molar-refractivity contribution in [2.75, 3.05) is 25.1 Å². The highest BCUT2D eigenvalue weighted by Crippen LogP contribution is 2.31. The summed E-state index contributed by atoms with van der Waals surface area (Å²) < 4.78 is 5.07. The predicted molar refractivity (Wildman–Crippen MR) is 70.3 cm³/mol. The molecule has 6 heteroatoms. The molecule has 0 bridgehead atoms. The summed E-state index contributed by atoms with van der Waals surface area (Å²) >= 11 is 0. The Morgan fingerprint density at radius 1 is 1.53 bits per heavy atom. The summed E-state index contributed by atoms with van der Waals surface area (Å²) in [6.45, 7) is 3.31. The van der Waals surface area contributed by atoms with E-state index in [1.165, 1.54) is 6.33 Å². The Kier molecular flexibility index (Phi) is 4.19. The number of hydrogen-bond acceptors (Lipinski definition) is 5. The molecule has 0 radical (unpaired) electrons. The van der Waals surface area contributed by atoms with Crippen LogP contribution in [0.25, 0.3) is 0 Å². The van der Waals surface area contributed by atoms with Gasteiger partial charge in [0.05, 0.1) is 13.0 Å². The topological polar surface area (TPSA) is 75.5 Å². The highest BCUT2D eigenvalue weighted by Gasteiger charge is 2.37. The largest absolute Gasteiger partial charge is 0.481 e. The van der Waals surface area contributed by atoms with E-state index in [1.807, 2.05) is 4.90 Å². The average molecular weight is 265 g/mol. The molecule has 0 amide bonds. The number of methoxy groups -OCH3 is 1. The molecule has 1 aromatic rings. The van der Waals surface area contributed by atoms with Crippen LogP contribution in [0.2, 0.25) is 0 Å². The molecule has 104 valence electrons. The number of carboxylic acids is 1. The van der Waals surface area contributed by atoms with E-state index in [0.717, 1.165) is 25.2 Å². The van der Waals surface area contributed by atoms with Crippen molar-refractivity contribution in [3.8, 4) is 5.88 Å². The van der Waals surface area contributed by atoms with Gasteiger partial charge in [-0.1, -0.05) is 13.3 Å². The Balaban J connectivity index is 2.15. The van der Waals surface area contributed by atoms with E-state index in [-0.39, 0.29) is 11.8 Å². The highest BCUT2D eigenvalue weighted by molar-refractivity contribution is 5.72. The molecular weight excluding hydrogens is 246 g/mol. The fourth-order valence-electron chi connectivity index (χ4n) is 2.62. The molecule has 1 aliphatic rings. The van der Waals surface area contributed by atoms with Gasteiger partial charge in [0.1, 0.15) is 12.1 Å². The van der Waals surface area contributed by atoms with Gasteiger partial charge in [-0.3, -0.25) is 4.79 Å². The van der Waals surface area contributed by atoms with Gasteiger partial charge in [0, 0.05) is 19.2 Å². The fourth-order valence-corrected chi connectivity index (χ4v) is 2.62. The van der Waals surface area contributed by atoms with Crippen LogP contribution in [0.1, 0.15) is 19.8 Å². The highest BCUT2D eigenvalue weighted by atomic mass is 16.5. The predicted octanol–water partition coefficient (Wildman–Crippen LogP) is 1.42. The number of aliphatic carboxylic acids is 1. The van der Waals surface area contributed by atoms with Crippen molar-refractivity contribution >= 4 is 11.8 Å². The van der Waals surface area contributed by atoms with Gasteiger partial charge in [0.15, 0.2) is 0 Å². The molecule has 19 heavy (non-hydrogen) atoms. The average Bonchev–Trinajstić information content (AvgIpc) is 2.83. The monoisotopic (exact) mass is 265 g/mol. The van der Waals surface area contributed by atoms with Gasteiger partial charge in [-0.05, 0) is 12.3 Å². The Hall–Kier alpha value is -1.85. The van der Waals surface area contributed by atoms with Crippen LogP contribution in [0.4, 0.5) is 5.82 Å². The van der Waals surface area contributed by atoms with E-state index in [0.29, 0.717) is 12.4 Å². The molecule has 0 unspecified atom stereocenters. The number of ether oxygens (including phenoxy) is 1. The third-order valence-electron chi connectivity index (χ3n) is 3.58. The number of carboxylic acid groups (broad SMARTS) is 1. The molecule has 0 aromatic carbocycles. The summed E-state index contributed by atoms with van der Waals surface area (Å²) in [7, 11) is 1.55. The van der Waals surface area contributed by atoms with Crippen LogP contribution in [0.15, 0.2) is 12.4 Å². The first-order valence-corrected chi connectivity index (χ1v) is 6.49. The maximum absolute atomic E-state index is 11.3. The van der Waals surface area contributed by atoms with Gasteiger partial charge in [-0.25, -0.2) is 9.97 Å². The number of nitrogens with zero attached hydrogens (tertiary/aromatic N) is 3. The third kappa shape index (κ3) is 2.94. The maximum atomic E-state index is 11.3. The van der Waals surface area contributed by atoms with Crippen LogP contribution in [0.3, 0.4) is 0 Å². The molecule has 0 aliphatic carbocycles. The normalized spacial score (nSPS) is 22.5. The van der Waals surface area contributed by atoms with Crippen LogP contribution in [0.5, 0.6) is 5.88 Å². The third-order valence-corrected chi connectivity index (χ3v) is 3.58. The van der Waals surface area contributed by atoms with Crippen LogP contribution in [-0.2, 0) is 4.79 Å². The first kappa shape index (κ1) is 13.6. The van der Waals surface area contributed by atoms with Crippen molar-refractivity contribution in [2.45, 2.75) is 19.8 Å². The molecule has 0 saturated carbocycles. The van der Waals surface area contributed by atoms with Gasteiger partial charge >= 0.3 is 5.97 Å². The molecule has 0 spiro atoms. The van der Waals surface area contributed by atoms with E-state index in [9.17, 15) is 9.90 Å². The zero-order valence-corrected chi connectivity index (χ0v) is 11.2. The summed E-state index contributed by atoms with van der Waals surface area (Å²) in [5.74, 6) is 0.374. The Morgan fingerprint density at radius 3 is 2.95 bits per heavy atom. The molecule has 1 aliphatic heterocycles. The van der Waals surface area contributed by atoms with Crippen molar-refractivity contribution in [3.05, 3.63) is 12.4 Å². The first-order chi connectivity index (χ1) is 9.15. The van der Waals surface area contributed by atoms with Crippen molar-refractivity contribution in [2.24, 2.45) is 11.8 Å². The number of carbonyl (C=O) groups is 1. The molecular formula is C13H19N3O3. The van der Waals surface area contributed by atoms with Crippen molar-refractivity contribution in [3.63, 3.8) is 0 Å². The van der Waals surface area contributed by atoms with Crippen LogP contribution in [0, 0.1) is 11.8 Å². The quantitative estimate of drug-likeness (QED) is 0.867. The molecule has 1 saturated heterocycles. The second-order valence-electron chi connectivity index (χ2n) is 4.82. The molecule has 2 rings (SSSR count). The summed E-state index contributed by atoms with van der Waals surface area (Å²) in [4.78, 5) is 21.5. The summed E-state index contributed by atoms with van der Waals surface area (Å²) in [6, 6.07) is 1.74. The fraction of sp³-hybridized carbons (Fsp3) is 0.615. The molecule has 2 atom stereocenters. The minimum atomic E-state index is -0.720. The Bertz CT molecular complexity index is 453. The van der Waals surface area contributed by atoms with Crippen LogP contribution < -0.4 is 9.64 Å². The van der Waals surface area contributed by atoms with E-state index < -0.39 is 5.97 Å². The smallest absolute Gasteiger partial charge is 0.308 e. The summed E-state index contributed by atoms with van der Waals surface area (Å²) in [5.41, 5.74) is 0. The van der Waals surface area contributed by atoms with E-state index in [1.54, 1.807) is 13.2 Å². The summed E-state index contributed by atoms with van der Waals surface area (Å²) in [6.07, 6.45) is 3.36. The molecule has 6 nitrogen and oxygen atoms in total. The van der Waals surface area contributed by atoms with Gasteiger partial charge in [0.25, 0.3) is 0 Å². The Morgan fingerprint density at radius 2 is 2.32 bits per heavy atom. The van der Waals surface area contributed by atoms with Gasteiger partial charge in [-0.15, -0.1) is 0 Å². The van der Waals surface area contributed by atoms with E-state index in [2.05, 4.69) is 16.9 Å². The maximum Gasteiger partial charge on any atom is 0.308 e. The van der Waals surface area contributed by atoms with Gasteiger partial charge in [-0.2, -0.15) is 0 Å². The van der Waals surface area contributed by atoms with Crippen molar-refractivity contribution in [1.82, 2.24) is 9.97 Å². The molecule has 1 fully saturated rings. The lowest BCUT2D eigenvalue weighted by Crippen LogP contribution is -2.24. The van der Waals surface area contributed by atoms with Crippen molar-refractivity contribution < 1.29 is 14.6 Å². The zero-order valence-electron chi connectivity index (χ0n) is 11.2. The van der Waals surface area contributed by atoms with Gasteiger partial charge < -0.3 is 14.7 Å². The standard InChI is InChI=1S/C13H19N3O3/c1-3-4-9-6-16(7-10(9)13(17)18)11-5-12(19-2)15-8-14-11/h5,8-10H,3-4,6-7H2,1-2H3,(H,17,18)/t9-,10-/m1/s1. The number of anilines is 1. The lowest BCUT2D eigenvalue weighted by Gasteiger charge is -2.17. The number of hydrogen-bond donors (Lipinski definition) is 1. The first-order valence-electron chi connectivity index (χ1n) is 6.49. The van der Waals surface area contributed by atoms with E-state index >= 15 is 0 Å². The SMILES string of the molecule is CCC[C@@H]1CN(c2cc(OC)ncn2)C[C@H]1C(=O)O. The lowest BCUT2D eigenvalue weighted by molar-refractivity contribution is -0.142. The number of rotatable bonds is 5. The number of aromatic nitrogens is 2. The van der Waals surface area contributed by atoms with Crippen molar-refractivity contribution in [1.29, 1.82) is 0 Å². The summed E-state index contributed by atoms with van der Waals surface area (Å²) in [5, 5.41) is 9.29. The second-order valence-corrected chi connectivity index (χ2v) is 4.82. The molecule has 2 heterocycles. The minimum absolute atomic E-state index is 0.184. The zero-order chi connectivity index (χ0) is 13.8. The van der Waals surface area contributed by atoms with E-state index in [4.69, 9.17) is 4.74 Å². The Labute approximate surface area is 112 Å². The molecule has 1 N–H and O–H groups in total. The minimum Gasteiger partial charge on any atom is -0.481 e. The lowest BCUT2D eigenvalue weighted by atomic mass is 9.92. The van der Waals surface area contributed by atoms with Crippen LogP contribution >= 0.6 is 0 Å². The second kappa shape index (κ2) is 5.86. The molecule has 1 aromatic heterocycles. The van der Waals surface area contributed by atoms with Gasteiger partial charge in [0.2, 0.25) is 5.88 Å². The van der Waals surface area contributed by atoms with Crippen LogP contribution in [-0.4, -0.2) is 41.2 Å².